The number of aromatic nitrogens is 4. The van der Waals surface area contributed by atoms with Gasteiger partial charge in [-0.15, -0.1) is 0 Å². The van der Waals surface area contributed by atoms with Crippen LogP contribution in [0.1, 0.15) is 53.3 Å². The second kappa shape index (κ2) is 8.56. The first-order valence-electron chi connectivity index (χ1n) is 11.5. The van der Waals surface area contributed by atoms with Gasteiger partial charge in [0.1, 0.15) is 22.8 Å². The van der Waals surface area contributed by atoms with Gasteiger partial charge in [0, 0.05) is 18.7 Å². The predicted molar refractivity (Wildman–Crippen MR) is 129 cm³/mol. The van der Waals surface area contributed by atoms with Crippen LogP contribution in [0.25, 0.3) is 0 Å². The highest BCUT2D eigenvalue weighted by Crippen LogP contribution is 2.57. The van der Waals surface area contributed by atoms with E-state index in [9.17, 15) is 24.4 Å². The Balaban J connectivity index is 1.35. The van der Waals surface area contributed by atoms with Gasteiger partial charge < -0.3 is 26.3 Å². The highest BCUT2D eigenvalue weighted by atomic mass is 35.5. The minimum absolute atomic E-state index is 0.0496. The molecule has 4 N–H and O–H groups in total. The first-order valence-corrected chi connectivity index (χ1v) is 11.8. The summed E-state index contributed by atoms with van der Waals surface area (Å²) in [7, 11) is 3.25. The minimum atomic E-state index is -1.21. The normalized spacial score (nSPS) is 25.2. The molecular weight excluding hydrogens is 493 g/mol. The summed E-state index contributed by atoms with van der Waals surface area (Å²) in [6.45, 7) is 0. The number of nitrogens with one attached hydrogen (secondary N) is 1. The largest absolute Gasteiger partial charge is 0.390 e. The third kappa shape index (κ3) is 3.99. The number of amides is 1. The number of carbonyl (C=O) groups excluding carboxylic acids is 1. The zero-order chi connectivity index (χ0) is 25.9. The fourth-order valence-electron chi connectivity index (χ4n) is 5.92. The predicted octanol–water partition coefficient (Wildman–Crippen LogP) is 3.48. The summed E-state index contributed by atoms with van der Waals surface area (Å²) in [5.74, 6) is -0.896. The fraction of sp³-hybridized carbons (Fsp3) is 0.435. The van der Waals surface area contributed by atoms with E-state index in [1.54, 1.807) is 14.1 Å². The molecule has 2 heterocycles. The Morgan fingerprint density at radius 1 is 1.25 bits per heavy atom. The number of fused-ring (bicyclic) bond motifs is 1. The Bertz CT molecular complexity index is 1370. The smallest absolute Gasteiger partial charge is 0.383 e. The lowest BCUT2D eigenvalue weighted by Crippen LogP contribution is -2.26. The third-order valence-corrected chi connectivity index (χ3v) is 7.77. The van der Waals surface area contributed by atoms with Gasteiger partial charge in [-0.3, -0.25) is 9.48 Å². The molecule has 0 saturated heterocycles. The lowest BCUT2D eigenvalue weighted by atomic mass is 9.89. The Morgan fingerprint density at radius 2 is 1.92 bits per heavy atom. The van der Waals surface area contributed by atoms with Crippen LogP contribution in [0.3, 0.4) is 0 Å². The number of benzene rings is 1. The van der Waals surface area contributed by atoms with Gasteiger partial charge in [-0.2, -0.15) is 9.78 Å². The lowest BCUT2D eigenvalue weighted by molar-refractivity contribution is -0.389. The molecule has 2 aliphatic rings. The van der Waals surface area contributed by atoms with Crippen LogP contribution in [-0.2, 0) is 19.7 Å². The number of nitrogens with zero attached hydrogens (tertiary/aromatic N) is 5. The summed E-state index contributed by atoms with van der Waals surface area (Å²) in [4.78, 5) is 23.7. The highest BCUT2D eigenvalue weighted by Gasteiger charge is 2.52. The quantitative estimate of drug-likeness (QED) is 0.345. The molecule has 0 bridgehead atoms. The minimum Gasteiger partial charge on any atom is -0.383 e. The molecule has 0 radical (unpaired) electrons. The average Bonchev–Trinajstić information content (AvgIpc) is 3.52. The molecule has 2 aromatic heterocycles. The van der Waals surface area contributed by atoms with E-state index in [1.165, 1.54) is 33.6 Å². The number of aryl methyl sites for hydroxylation is 2. The van der Waals surface area contributed by atoms with E-state index in [0.717, 1.165) is 0 Å². The number of halogens is 2. The molecule has 2 aliphatic carbocycles. The molecule has 1 aromatic carbocycles. The molecule has 1 unspecified atom stereocenters. The van der Waals surface area contributed by atoms with Crippen molar-refractivity contribution in [2.45, 2.75) is 37.2 Å². The first-order chi connectivity index (χ1) is 17.0. The number of nitrogen functional groups attached to an aromatic ring is 1. The number of nitrogens with two attached hydrogens (primary N) is 1. The van der Waals surface area contributed by atoms with Crippen LogP contribution in [0.5, 0.6) is 0 Å². The van der Waals surface area contributed by atoms with Crippen molar-refractivity contribution in [2.75, 3.05) is 11.1 Å². The van der Waals surface area contributed by atoms with Crippen LogP contribution >= 0.6 is 11.6 Å². The van der Waals surface area contributed by atoms with Crippen molar-refractivity contribution in [3.05, 3.63) is 62.2 Å². The molecule has 0 spiro atoms. The average molecular weight is 518 g/mol. The van der Waals surface area contributed by atoms with Crippen molar-refractivity contribution < 1.29 is 19.2 Å². The van der Waals surface area contributed by atoms with E-state index in [-0.39, 0.29) is 40.0 Å². The van der Waals surface area contributed by atoms with Gasteiger partial charge in [0.05, 0.1) is 34.6 Å². The Morgan fingerprint density at radius 3 is 2.50 bits per heavy atom. The van der Waals surface area contributed by atoms with Crippen LogP contribution in [0, 0.1) is 27.8 Å². The van der Waals surface area contributed by atoms with E-state index in [1.807, 2.05) is 0 Å². The summed E-state index contributed by atoms with van der Waals surface area (Å²) in [6.07, 6.45) is 2.24. The monoisotopic (exact) mass is 517 g/mol. The van der Waals surface area contributed by atoms with Gasteiger partial charge in [-0.25, -0.2) is 4.39 Å². The first kappa shape index (κ1) is 24.2. The number of rotatable bonds is 5. The number of carbonyl (C=O) groups is 1. The number of hydrogen-bond donors (Lipinski definition) is 3. The molecular formula is C23H25ClFN7O4. The van der Waals surface area contributed by atoms with Crippen LogP contribution in [-0.4, -0.2) is 35.5 Å². The fourth-order valence-corrected chi connectivity index (χ4v) is 6.10. The summed E-state index contributed by atoms with van der Waals surface area (Å²) in [5, 5.41) is 33.5. The van der Waals surface area contributed by atoms with E-state index in [0.29, 0.717) is 42.8 Å². The molecule has 4 atom stereocenters. The number of hydrogen-bond acceptors (Lipinski definition) is 7. The number of nitro groups is 1. The molecule has 5 rings (SSSR count). The van der Waals surface area contributed by atoms with Crippen molar-refractivity contribution in [3.63, 3.8) is 0 Å². The van der Waals surface area contributed by atoms with Gasteiger partial charge >= 0.3 is 5.82 Å². The van der Waals surface area contributed by atoms with Crippen LogP contribution in [0.15, 0.2) is 24.3 Å². The SMILES string of the molecule is Cn1nc([N+](=O)[O-])cc1[C@]1(O)C[C@H]2CC(c3nn(C)c(N)c3C(=O)Nc3ccc(F)c(Cl)c3)C[C@H]2C1. The van der Waals surface area contributed by atoms with Crippen LogP contribution in [0.4, 0.5) is 21.7 Å². The molecule has 0 aliphatic heterocycles. The molecule has 3 aromatic rings. The maximum absolute atomic E-state index is 13.5. The Labute approximate surface area is 210 Å². The van der Waals surface area contributed by atoms with Gasteiger partial charge in [0.2, 0.25) is 0 Å². The maximum atomic E-state index is 13.5. The molecule has 190 valence electrons. The van der Waals surface area contributed by atoms with Crippen molar-refractivity contribution in [1.82, 2.24) is 19.6 Å². The zero-order valence-corrected chi connectivity index (χ0v) is 20.4. The molecule has 2 saturated carbocycles. The van der Waals surface area contributed by atoms with Gasteiger partial charge in [0.25, 0.3) is 5.91 Å². The van der Waals surface area contributed by atoms with Crippen molar-refractivity contribution in [2.24, 2.45) is 25.9 Å². The standard InChI is InChI=1S/C23H25ClFN7O4/c1-30-17(8-18(28-30)32(35)36)23(34)9-12-5-11(6-13(12)10-23)20-19(21(26)31(2)29-20)22(33)27-14-3-4-16(25)15(24)7-14/h3-4,7-8,11-13,34H,5-6,9-10,26H2,1-2H3,(H,27,33)/t11?,12-,13+,23+. The van der Waals surface area contributed by atoms with E-state index < -0.39 is 22.2 Å². The molecule has 13 heteroatoms. The van der Waals surface area contributed by atoms with Gasteiger partial charge in [0.15, 0.2) is 0 Å². The second-order valence-corrected chi connectivity index (χ2v) is 10.2. The summed E-state index contributed by atoms with van der Waals surface area (Å²) < 4.78 is 16.3. The van der Waals surface area contributed by atoms with Crippen LogP contribution in [0.2, 0.25) is 5.02 Å². The highest BCUT2D eigenvalue weighted by molar-refractivity contribution is 6.31. The zero-order valence-electron chi connectivity index (χ0n) is 19.6. The van der Waals surface area contributed by atoms with Crippen molar-refractivity contribution >= 4 is 34.8 Å². The number of anilines is 2. The summed E-state index contributed by atoms with van der Waals surface area (Å²) in [6, 6.07) is 5.24. The lowest BCUT2D eigenvalue weighted by Gasteiger charge is -2.23. The van der Waals surface area contributed by atoms with E-state index in [2.05, 4.69) is 15.5 Å². The number of aliphatic hydroxyl groups is 1. The van der Waals surface area contributed by atoms with E-state index in [4.69, 9.17) is 17.3 Å². The molecule has 36 heavy (non-hydrogen) atoms. The summed E-state index contributed by atoms with van der Waals surface area (Å²) in [5.41, 5.74) is 6.61. The molecule has 11 nitrogen and oxygen atoms in total. The van der Waals surface area contributed by atoms with Crippen molar-refractivity contribution in [1.29, 1.82) is 0 Å². The van der Waals surface area contributed by atoms with Gasteiger partial charge in [-0.05, 0) is 60.6 Å². The molecule has 1 amide bonds. The third-order valence-electron chi connectivity index (χ3n) is 7.48. The van der Waals surface area contributed by atoms with Gasteiger partial charge in [-0.1, -0.05) is 11.6 Å². The van der Waals surface area contributed by atoms with Crippen LogP contribution < -0.4 is 11.1 Å². The second-order valence-electron chi connectivity index (χ2n) is 9.75. The topological polar surface area (TPSA) is 154 Å². The van der Waals surface area contributed by atoms with Crippen molar-refractivity contribution in [3.8, 4) is 0 Å². The summed E-state index contributed by atoms with van der Waals surface area (Å²) >= 11 is 5.84. The van der Waals surface area contributed by atoms with E-state index >= 15 is 0 Å². The Hall–Kier alpha value is -3.51. The maximum Gasteiger partial charge on any atom is 0.390 e. The Kier molecular flexibility index (Phi) is 5.75. The molecule has 2 fully saturated rings.